The van der Waals surface area contributed by atoms with Crippen LogP contribution in [0.4, 0.5) is 4.79 Å². The largest absolute Gasteiger partial charge is 0.448 e. The van der Waals surface area contributed by atoms with Crippen LogP contribution in [0.25, 0.3) is 16.1 Å². The number of pyridine rings is 1. The van der Waals surface area contributed by atoms with E-state index in [0.717, 1.165) is 16.7 Å². The topological polar surface area (TPSA) is 128 Å². The zero-order chi connectivity index (χ0) is 31.7. The summed E-state index contributed by atoms with van der Waals surface area (Å²) in [5.41, 5.74) is 1.88. The molecule has 2 aliphatic heterocycles. The van der Waals surface area contributed by atoms with E-state index in [0.29, 0.717) is 15.5 Å². The van der Waals surface area contributed by atoms with Crippen molar-refractivity contribution in [2.45, 2.75) is 43.9 Å². The maximum atomic E-state index is 14.3. The molecule has 1 N–H and O–H groups in total. The van der Waals surface area contributed by atoms with E-state index in [4.69, 9.17) is 9.47 Å². The number of hydrogen-bond donors (Lipinski definition) is 1. The molecule has 2 amide bonds. The summed E-state index contributed by atoms with van der Waals surface area (Å²) in [4.78, 5) is 50.8. The Labute approximate surface area is 266 Å². The van der Waals surface area contributed by atoms with Crippen molar-refractivity contribution in [3.8, 4) is 10.6 Å². The van der Waals surface area contributed by atoms with Crippen molar-refractivity contribution >= 4 is 45.7 Å². The third kappa shape index (κ3) is 6.29. The Morgan fingerprint density at radius 1 is 1.00 bits per heavy atom. The van der Waals surface area contributed by atoms with E-state index in [1.54, 1.807) is 39.4 Å². The molecule has 0 saturated carbocycles. The lowest BCUT2D eigenvalue weighted by molar-refractivity contribution is -0.153. The van der Waals surface area contributed by atoms with Gasteiger partial charge in [0.1, 0.15) is 27.7 Å². The van der Waals surface area contributed by atoms with Crippen molar-refractivity contribution in [2.75, 3.05) is 5.75 Å². The van der Waals surface area contributed by atoms with E-state index < -0.39 is 51.9 Å². The lowest BCUT2D eigenvalue weighted by atomic mass is 10.0. The molecule has 0 spiro atoms. The SMILES string of the molecule is CC(C)(C)OC(=O)NC1C(=O)N2C(C(=O)OC(c3ccccc3)c3ccccc3)=C(c3cnc(-c4ccncc4)s3)CS(=O)C12. The number of nitrogens with one attached hydrogen (secondary N) is 1. The summed E-state index contributed by atoms with van der Waals surface area (Å²) >= 11 is 1.31. The van der Waals surface area contributed by atoms with Crippen molar-refractivity contribution in [3.63, 3.8) is 0 Å². The van der Waals surface area contributed by atoms with Crippen molar-refractivity contribution in [2.24, 2.45) is 0 Å². The Bertz CT molecular complexity index is 1750. The maximum Gasteiger partial charge on any atom is 0.408 e. The zero-order valence-electron chi connectivity index (χ0n) is 24.7. The molecule has 4 heterocycles. The molecule has 0 aliphatic carbocycles. The van der Waals surface area contributed by atoms with Gasteiger partial charge in [0.2, 0.25) is 0 Å². The third-order valence-corrected chi connectivity index (χ3v) is 9.85. The monoisotopic (exact) mass is 642 g/mol. The van der Waals surface area contributed by atoms with E-state index in [-0.39, 0.29) is 11.4 Å². The average Bonchev–Trinajstić information content (AvgIpc) is 3.53. The summed E-state index contributed by atoms with van der Waals surface area (Å²) in [7, 11) is -1.67. The van der Waals surface area contributed by atoms with Crippen molar-refractivity contribution in [1.29, 1.82) is 0 Å². The van der Waals surface area contributed by atoms with Gasteiger partial charge >= 0.3 is 12.1 Å². The number of carbonyl (C=O) groups excluding carboxylic acids is 3. The molecule has 1 fully saturated rings. The highest BCUT2D eigenvalue weighted by molar-refractivity contribution is 7.86. The number of thiazole rings is 1. The van der Waals surface area contributed by atoms with Crippen LogP contribution in [0.1, 0.15) is 42.9 Å². The molecule has 2 aromatic heterocycles. The van der Waals surface area contributed by atoms with Gasteiger partial charge < -0.3 is 14.8 Å². The average molecular weight is 643 g/mol. The minimum atomic E-state index is -1.67. The molecule has 1 saturated heterocycles. The zero-order valence-corrected chi connectivity index (χ0v) is 26.3. The molecule has 2 aromatic carbocycles. The fourth-order valence-electron chi connectivity index (χ4n) is 5.18. The molecule has 6 rings (SSSR count). The Morgan fingerprint density at radius 2 is 1.62 bits per heavy atom. The second-order valence-corrected chi connectivity index (χ2v) is 14.0. The standard InChI is InChI=1S/C33H30N4O6S2/c1-33(2,3)43-32(40)36-25-29(38)37-26(31(39)42-27(20-10-6-4-7-11-20)21-12-8-5-9-13-21)23(19-45(41)30(25)37)24-18-35-28(44-24)22-14-16-34-17-15-22/h4-18,25,27,30H,19H2,1-3H3,(H,36,40). The highest BCUT2D eigenvalue weighted by Gasteiger charge is 2.58. The van der Waals surface area contributed by atoms with Gasteiger partial charge in [-0.1, -0.05) is 60.7 Å². The molecule has 10 nitrogen and oxygen atoms in total. The highest BCUT2D eigenvalue weighted by Crippen LogP contribution is 2.42. The molecule has 12 heteroatoms. The van der Waals surface area contributed by atoms with E-state index in [9.17, 15) is 18.6 Å². The molecule has 0 radical (unpaired) electrons. The minimum absolute atomic E-state index is 0.0198. The molecule has 0 bridgehead atoms. The number of esters is 1. The summed E-state index contributed by atoms with van der Waals surface area (Å²) in [5, 5.41) is 2.25. The van der Waals surface area contributed by atoms with Gasteiger partial charge in [0.15, 0.2) is 6.10 Å². The lowest BCUT2D eigenvalue weighted by Crippen LogP contribution is -2.73. The summed E-state index contributed by atoms with van der Waals surface area (Å²) in [6.45, 7) is 5.11. The Balaban J connectivity index is 1.40. The number of hydrogen-bond acceptors (Lipinski definition) is 9. The van der Waals surface area contributed by atoms with Crippen LogP contribution in [0, 0.1) is 0 Å². The fraction of sp³-hybridized carbons (Fsp3) is 0.242. The second kappa shape index (κ2) is 12.4. The predicted molar refractivity (Wildman–Crippen MR) is 170 cm³/mol. The first-order valence-electron chi connectivity index (χ1n) is 14.2. The van der Waals surface area contributed by atoms with Gasteiger partial charge in [-0.15, -0.1) is 11.3 Å². The van der Waals surface area contributed by atoms with Crippen LogP contribution in [0.5, 0.6) is 0 Å². The lowest BCUT2D eigenvalue weighted by Gasteiger charge is -2.49. The number of β-lactam (4-membered cyclic amide) rings is 1. The number of ether oxygens (including phenoxy) is 2. The first kappa shape index (κ1) is 30.4. The van der Waals surface area contributed by atoms with E-state index in [2.05, 4.69) is 15.3 Å². The number of carbonyl (C=O) groups is 3. The fourth-order valence-corrected chi connectivity index (χ4v) is 7.91. The Hall–Kier alpha value is -4.68. The highest BCUT2D eigenvalue weighted by atomic mass is 32.2. The van der Waals surface area contributed by atoms with Gasteiger partial charge in [-0.3, -0.25) is 18.9 Å². The van der Waals surface area contributed by atoms with Crippen molar-refractivity contribution < 1.29 is 28.1 Å². The third-order valence-electron chi connectivity index (χ3n) is 7.15. The minimum Gasteiger partial charge on any atom is -0.448 e. The van der Waals surface area contributed by atoms with Crippen LogP contribution in [0.3, 0.4) is 0 Å². The van der Waals surface area contributed by atoms with Crippen molar-refractivity contribution in [1.82, 2.24) is 20.2 Å². The van der Waals surface area contributed by atoms with Crippen LogP contribution in [0.2, 0.25) is 0 Å². The number of aromatic nitrogens is 2. The quantitative estimate of drug-likeness (QED) is 0.219. The molecule has 4 aromatic rings. The number of alkyl carbamates (subject to hydrolysis) is 1. The Morgan fingerprint density at radius 3 is 2.22 bits per heavy atom. The van der Waals surface area contributed by atoms with Crippen LogP contribution >= 0.6 is 11.3 Å². The number of nitrogens with zero attached hydrogens (tertiary/aromatic N) is 3. The molecule has 3 atom stereocenters. The van der Waals surface area contributed by atoms with Gasteiger partial charge in [0.25, 0.3) is 5.91 Å². The van der Waals surface area contributed by atoms with Crippen LogP contribution < -0.4 is 5.32 Å². The second-order valence-electron chi connectivity index (χ2n) is 11.4. The van der Waals surface area contributed by atoms with E-state index in [1.807, 2.05) is 72.8 Å². The molecular weight excluding hydrogens is 613 g/mol. The number of rotatable bonds is 7. The first-order valence-corrected chi connectivity index (χ1v) is 16.4. The number of fused-ring (bicyclic) bond motifs is 1. The van der Waals surface area contributed by atoms with Crippen LogP contribution in [0.15, 0.2) is 97.1 Å². The number of benzene rings is 2. The normalized spacial score (nSPS) is 19.5. The van der Waals surface area contributed by atoms with E-state index >= 15 is 0 Å². The van der Waals surface area contributed by atoms with E-state index in [1.165, 1.54) is 16.2 Å². The van der Waals surface area contributed by atoms with Crippen LogP contribution in [-0.4, -0.2) is 59.8 Å². The summed E-state index contributed by atoms with van der Waals surface area (Å²) < 4.78 is 25.2. The molecule has 2 aliphatic rings. The molecule has 45 heavy (non-hydrogen) atoms. The van der Waals surface area contributed by atoms with Gasteiger partial charge in [-0.25, -0.2) is 14.6 Å². The molecule has 3 unspecified atom stereocenters. The summed E-state index contributed by atoms with van der Waals surface area (Å²) in [6, 6.07) is 21.1. The Kier molecular flexibility index (Phi) is 8.34. The predicted octanol–water partition coefficient (Wildman–Crippen LogP) is 5.07. The number of amides is 2. The molecular formula is C33H30N4O6S2. The van der Waals surface area contributed by atoms with Crippen molar-refractivity contribution in [3.05, 3.63) is 113 Å². The van der Waals surface area contributed by atoms with Gasteiger partial charge in [0, 0.05) is 29.7 Å². The summed E-state index contributed by atoms with van der Waals surface area (Å²) in [5.74, 6) is -1.39. The van der Waals surface area contributed by atoms with Gasteiger partial charge in [0.05, 0.1) is 21.4 Å². The van der Waals surface area contributed by atoms with Gasteiger partial charge in [-0.05, 0) is 44.0 Å². The molecule has 230 valence electrons. The smallest absolute Gasteiger partial charge is 0.408 e. The van der Waals surface area contributed by atoms with Gasteiger partial charge in [-0.2, -0.15) is 0 Å². The maximum absolute atomic E-state index is 14.3. The van der Waals surface area contributed by atoms with Crippen LogP contribution in [-0.2, 0) is 29.9 Å². The first-order chi connectivity index (χ1) is 21.6. The summed E-state index contributed by atoms with van der Waals surface area (Å²) in [6.07, 6.45) is 3.33.